The summed E-state index contributed by atoms with van der Waals surface area (Å²) in [4.78, 5) is 10.8. The summed E-state index contributed by atoms with van der Waals surface area (Å²) in [7, 11) is 0. The van der Waals surface area contributed by atoms with Crippen LogP contribution in [-0.4, -0.2) is 34.5 Å². The van der Waals surface area contributed by atoms with Crippen LogP contribution in [0.3, 0.4) is 0 Å². The van der Waals surface area contributed by atoms with Gasteiger partial charge in [-0.3, -0.25) is 0 Å². The largest absolute Gasteiger partial charge is 0.478 e. The van der Waals surface area contributed by atoms with E-state index < -0.39 is 12.1 Å². The van der Waals surface area contributed by atoms with Crippen LogP contribution in [-0.2, 0) is 9.53 Å². The van der Waals surface area contributed by atoms with E-state index in [-0.39, 0.29) is 16.6 Å². The molecular weight excluding hydrogens is 244 g/mol. The second-order valence-corrected chi connectivity index (χ2v) is 6.78. The number of ether oxygens (including phenoxy) is 1. The Balaban J connectivity index is 1.74. The molecule has 3 aliphatic carbocycles. The van der Waals surface area contributed by atoms with Crippen molar-refractivity contribution in [3.8, 4) is 0 Å². The standard InChI is InChI=1S/C15H22O4/c1-9(13(17)18)5-11(16)7-15-8-19-14(2)4-3-10(15)6-12(14)15/h5,10-12,16H,3-4,6-8H2,1-2H3,(H,17,18)/b9-5-/t10-,11+,12-,14+,15+/m0/s1. The number of carboxylic acids is 1. The smallest absolute Gasteiger partial charge is 0.331 e. The summed E-state index contributed by atoms with van der Waals surface area (Å²) in [6.07, 6.45) is 4.96. The number of carbonyl (C=O) groups is 1. The Labute approximate surface area is 113 Å². The zero-order valence-corrected chi connectivity index (χ0v) is 11.6. The van der Waals surface area contributed by atoms with E-state index in [9.17, 15) is 9.90 Å². The molecule has 0 aromatic carbocycles. The SMILES string of the molecule is C/C(=C/[C@@H](O)C[C@@]12CO[C@]3(C)CC[C@H]1C[C@H]23)C(=O)O. The number of aliphatic carboxylic acids is 1. The fraction of sp³-hybridized carbons (Fsp3) is 0.800. The summed E-state index contributed by atoms with van der Waals surface area (Å²) in [6.45, 7) is 4.45. The molecule has 0 unspecified atom stereocenters. The van der Waals surface area contributed by atoms with Gasteiger partial charge in [0.05, 0.1) is 18.3 Å². The molecule has 3 saturated carbocycles. The molecule has 0 spiro atoms. The molecule has 4 nitrogen and oxygen atoms in total. The van der Waals surface area contributed by atoms with Gasteiger partial charge in [0.1, 0.15) is 0 Å². The molecule has 1 saturated heterocycles. The number of rotatable bonds is 4. The molecule has 19 heavy (non-hydrogen) atoms. The molecular formula is C15H22O4. The van der Waals surface area contributed by atoms with Crippen molar-refractivity contribution in [2.75, 3.05) is 6.61 Å². The first-order chi connectivity index (χ1) is 8.87. The van der Waals surface area contributed by atoms with E-state index in [4.69, 9.17) is 9.84 Å². The molecule has 4 fully saturated rings. The maximum Gasteiger partial charge on any atom is 0.331 e. The van der Waals surface area contributed by atoms with Crippen molar-refractivity contribution in [3.05, 3.63) is 11.6 Å². The van der Waals surface area contributed by atoms with E-state index in [0.717, 1.165) is 13.0 Å². The lowest BCUT2D eigenvalue weighted by molar-refractivity contribution is -0.133. The predicted molar refractivity (Wildman–Crippen MR) is 69.6 cm³/mol. The summed E-state index contributed by atoms with van der Waals surface area (Å²) in [5.74, 6) is 0.242. The molecule has 0 radical (unpaired) electrons. The fourth-order valence-electron chi connectivity index (χ4n) is 4.64. The molecule has 4 rings (SSSR count). The third-order valence-electron chi connectivity index (χ3n) is 5.79. The molecule has 1 aliphatic heterocycles. The molecule has 2 N–H and O–H groups in total. The van der Waals surface area contributed by atoms with Gasteiger partial charge in [0.15, 0.2) is 0 Å². The summed E-state index contributed by atoms with van der Waals surface area (Å²) in [5, 5.41) is 19.0. The van der Waals surface area contributed by atoms with Crippen LogP contribution in [0.4, 0.5) is 0 Å². The first-order valence-corrected chi connectivity index (χ1v) is 7.11. The average molecular weight is 266 g/mol. The van der Waals surface area contributed by atoms with E-state index in [1.54, 1.807) is 0 Å². The number of hydrogen-bond donors (Lipinski definition) is 2. The average Bonchev–Trinajstić information content (AvgIpc) is 2.46. The minimum absolute atomic E-state index is 0.0000267. The first-order valence-electron chi connectivity index (χ1n) is 7.11. The Hall–Kier alpha value is -0.870. The molecule has 0 aromatic rings. The van der Waals surface area contributed by atoms with Crippen molar-refractivity contribution < 1.29 is 19.7 Å². The second kappa shape index (κ2) is 4.06. The Morgan fingerprint density at radius 2 is 2.32 bits per heavy atom. The Morgan fingerprint density at radius 1 is 1.58 bits per heavy atom. The number of fused-ring (bicyclic) bond motifs is 1. The molecule has 0 amide bonds. The van der Waals surface area contributed by atoms with Crippen LogP contribution < -0.4 is 0 Å². The third-order valence-corrected chi connectivity index (χ3v) is 5.79. The highest BCUT2D eigenvalue weighted by atomic mass is 16.5. The Morgan fingerprint density at radius 3 is 2.95 bits per heavy atom. The van der Waals surface area contributed by atoms with Gasteiger partial charge >= 0.3 is 5.97 Å². The number of carboxylic acid groups (broad SMARTS) is 1. The molecule has 4 aliphatic rings. The number of hydrogen-bond acceptors (Lipinski definition) is 3. The molecule has 0 aromatic heterocycles. The quantitative estimate of drug-likeness (QED) is 0.763. The van der Waals surface area contributed by atoms with Gasteiger partial charge in [0.2, 0.25) is 0 Å². The van der Waals surface area contributed by atoms with Gasteiger partial charge in [-0.15, -0.1) is 0 Å². The zero-order chi connectivity index (χ0) is 13.8. The fourth-order valence-corrected chi connectivity index (χ4v) is 4.64. The lowest BCUT2D eigenvalue weighted by Gasteiger charge is -2.59. The van der Waals surface area contributed by atoms with Crippen molar-refractivity contribution in [2.24, 2.45) is 17.3 Å². The maximum atomic E-state index is 10.8. The van der Waals surface area contributed by atoms with Gasteiger partial charge < -0.3 is 14.9 Å². The first kappa shape index (κ1) is 13.1. The van der Waals surface area contributed by atoms with E-state index >= 15 is 0 Å². The summed E-state index contributed by atoms with van der Waals surface area (Å²) < 4.78 is 6.03. The normalized spacial score (nSPS) is 45.7. The van der Waals surface area contributed by atoms with Crippen LogP contribution in [0.1, 0.15) is 39.5 Å². The monoisotopic (exact) mass is 266 g/mol. The van der Waals surface area contributed by atoms with Crippen LogP contribution in [0.2, 0.25) is 0 Å². The lowest BCUT2D eigenvalue weighted by atomic mass is 9.43. The summed E-state index contributed by atoms with van der Waals surface area (Å²) >= 11 is 0. The van der Waals surface area contributed by atoms with Crippen molar-refractivity contribution in [2.45, 2.75) is 51.2 Å². The van der Waals surface area contributed by atoms with Gasteiger partial charge in [-0.2, -0.15) is 0 Å². The molecule has 4 heteroatoms. The minimum atomic E-state index is -0.960. The molecule has 4 bridgehead atoms. The van der Waals surface area contributed by atoms with E-state index in [0.29, 0.717) is 18.3 Å². The molecule has 1 heterocycles. The van der Waals surface area contributed by atoms with Gasteiger partial charge in [-0.05, 0) is 57.4 Å². The van der Waals surface area contributed by atoms with E-state index in [2.05, 4.69) is 6.92 Å². The van der Waals surface area contributed by atoms with Crippen LogP contribution in [0.25, 0.3) is 0 Å². The second-order valence-electron chi connectivity index (χ2n) is 6.78. The summed E-state index contributed by atoms with van der Waals surface area (Å²) in [5.41, 5.74) is 0.317. The Bertz CT molecular complexity index is 441. The molecule has 106 valence electrons. The highest BCUT2D eigenvalue weighted by Gasteiger charge is 2.69. The predicted octanol–water partition coefficient (Wildman–Crippen LogP) is 1.97. The number of aliphatic hydroxyl groups excluding tert-OH is 1. The number of aliphatic hydroxyl groups is 1. The minimum Gasteiger partial charge on any atom is -0.478 e. The van der Waals surface area contributed by atoms with E-state index in [1.165, 1.54) is 25.8 Å². The van der Waals surface area contributed by atoms with Gasteiger partial charge in [-0.25, -0.2) is 4.79 Å². The van der Waals surface area contributed by atoms with Crippen molar-refractivity contribution in [1.82, 2.24) is 0 Å². The van der Waals surface area contributed by atoms with Crippen molar-refractivity contribution >= 4 is 5.97 Å². The highest BCUT2D eigenvalue weighted by Crippen LogP contribution is 2.70. The van der Waals surface area contributed by atoms with Crippen molar-refractivity contribution in [1.29, 1.82) is 0 Å². The Kier molecular flexibility index (Phi) is 2.81. The van der Waals surface area contributed by atoms with Crippen LogP contribution in [0.15, 0.2) is 11.6 Å². The van der Waals surface area contributed by atoms with Gasteiger partial charge in [0.25, 0.3) is 0 Å². The van der Waals surface area contributed by atoms with Gasteiger partial charge in [0, 0.05) is 11.0 Å². The van der Waals surface area contributed by atoms with Crippen LogP contribution >= 0.6 is 0 Å². The zero-order valence-electron chi connectivity index (χ0n) is 11.6. The third kappa shape index (κ3) is 1.77. The topological polar surface area (TPSA) is 66.8 Å². The molecule has 5 atom stereocenters. The van der Waals surface area contributed by atoms with Crippen molar-refractivity contribution in [3.63, 3.8) is 0 Å². The van der Waals surface area contributed by atoms with Crippen LogP contribution in [0, 0.1) is 17.3 Å². The maximum absolute atomic E-state index is 10.8. The van der Waals surface area contributed by atoms with Gasteiger partial charge in [-0.1, -0.05) is 0 Å². The summed E-state index contributed by atoms with van der Waals surface area (Å²) in [6, 6.07) is 0. The van der Waals surface area contributed by atoms with E-state index in [1.807, 2.05) is 0 Å². The highest BCUT2D eigenvalue weighted by molar-refractivity contribution is 5.85. The van der Waals surface area contributed by atoms with Crippen LogP contribution in [0.5, 0.6) is 0 Å². The lowest BCUT2D eigenvalue weighted by Crippen LogP contribution is -2.58.